The number of halogens is 1. The summed E-state index contributed by atoms with van der Waals surface area (Å²) in [7, 11) is 0. The Morgan fingerprint density at radius 3 is 2.71 bits per heavy atom. The van der Waals surface area contributed by atoms with E-state index >= 15 is 0 Å². The molecule has 2 unspecified atom stereocenters. The van der Waals surface area contributed by atoms with Gasteiger partial charge in [0.15, 0.2) is 0 Å². The second kappa shape index (κ2) is 12.0. The van der Waals surface area contributed by atoms with Crippen LogP contribution in [0.25, 0.3) is 0 Å². The number of likely N-dealkylation sites (tertiary alicyclic amines) is 1. The number of aliphatic hydroxyl groups excluding tert-OH is 1. The van der Waals surface area contributed by atoms with Crippen molar-refractivity contribution in [3.05, 3.63) is 54.1 Å². The monoisotopic (exact) mass is 544 g/mol. The van der Waals surface area contributed by atoms with E-state index in [2.05, 4.69) is 13.2 Å². The van der Waals surface area contributed by atoms with Gasteiger partial charge in [-0.1, -0.05) is 55.3 Å². The summed E-state index contributed by atoms with van der Waals surface area (Å²) < 4.78 is 11.8. The second-order valence-corrected chi connectivity index (χ2v) is 10.7. The third kappa shape index (κ3) is 4.90. The maximum absolute atomic E-state index is 14.5. The van der Waals surface area contributed by atoms with Crippen molar-refractivity contribution in [2.75, 3.05) is 31.2 Å². The number of hydrogen-bond donors (Lipinski definition) is 1. The minimum Gasteiger partial charge on any atom is -0.461 e. The standard InChI is InChI=1S/C29H37ClN2O6/c1-4-15-31(24-19(3)11-10-12-20(24)30)27(35)25-29-14-13-21(38-29)22(28(36)37-18-5-2)23(29)26(34)32(25)16-8-6-7-9-17-33/h4-5,10-12,21-23,25,33H,1-2,6-9,13-18H2,3H3/t21-,22+,23+,25?,29?/m1/s1. The molecule has 3 fully saturated rings. The number of aryl methyl sites for hydroxylation is 1. The molecule has 0 aromatic heterocycles. The molecule has 3 aliphatic heterocycles. The summed E-state index contributed by atoms with van der Waals surface area (Å²) in [5.74, 6) is -2.59. The van der Waals surface area contributed by atoms with Gasteiger partial charge in [0.2, 0.25) is 5.91 Å². The fourth-order valence-electron chi connectivity index (χ4n) is 6.46. The zero-order chi connectivity index (χ0) is 27.4. The van der Waals surface area contributed by atoms with Crippen molar-refractivity contribution in [1.82, 2.24) is 4.90 Å². The van der Waals surface area contributed by atoms with E-state index in [1.807, 2.05) is 19.1 Å². The van der Waals surface area contributed by atoms with Gasteiger partial charge < -0.3 is 24.4 Å². The molecule has 3 aliphatic rings. The fourth-order valence-corrected chi connectivity index (χ4v) is 6.78. The Morgan fingerprint density at radius 2 is 2.03 bits per heavy atom. The number of anilines is 1. The van der Waals surface area contributed by atoms with Crippen LogP contribution < -0.4 is 4.90 Å². The predicted octanol–water partition coefficient (Wildman–Crippen LogP) is 3.82. The van der Waals surface area contributed by atoms with E-state index in [-0.39, 0.29) is 31.6 Å². The van der Waals surface area contributed by atoms with Gasteiger partial charge in [-0.3, -0.25) is 14.4 Å². The largest absolute Gasteiger partial charge is 0.461 e. The molecule has 1 aromatic rings. The predicted molar refractivity (Wildman–Crippen MR) is 145 cm³/mol. The molecular formula is C29H37ClN2O6. The Balaban J connectivity index is 1.73. The van der Waals surface area contributed by atoms with Crippen LogP contribution in [0.4, 0.5) is 5.69 Å². The van der Waals surface area contributed by atoms with Crippen LogP contribution in [0, 0.1) is 18.8 Å². The highest BCUT2D eigenvalue weighted by Gasteiger charge is 2.75. The van der Waals surface area contributed by atoms with Crippen LogP contribution in [-0.2, 0) is 23.9 Å². The van der Waals surface area contributed by atoms with Gasteiger partial charge >= 0.3 is 5.97 Å². The Bertz CT molecular complexity index is 1070. The van der Waals surface area contributed by atoms with Crippen molar-refractivity contribution in [2.24, 2.45) is 11.8 Å². The van der Waals surface area contributed by atoms with Gasteiger partial charge in [-0.25, -0.2) is 0 Å². The van der Waals surface area contributed by atoms with Gasteiger partial charge in [0.05, 0.1) is 28.6 Å². The van der Waals surface area contributed by atoms with Crippen LogP contribution in [-0.4, -0.2) is 71.8 Å². The van der Waals surface area contributed by atoms with Crippen molar-refractivity contribution >= 4 is 35.1 Å². The number of unbranched alkanes of at least 4 members (excludes halogenated alkanes) is 3. The fraction of sp³-hybridized carbons (Fsp3) is 0.552. The maximum atomic E-state index is 14.5. The molecule has 1 aromatic carbocycles. The molecule has 8 nitrogen and oxygen atoms in total. The summed E-state index contributed by atoms with van der Waals surface area (Å²) in [5.41, 5.74) is 0.281. The smallest absolute Gasteiger partial charge is 0.312 e. The molecule has 4 rings (SSSR count). The maximum Gasteiger partial charge on any atom is 0.312 e. The van der Waals surface area contributed by atoms with E-state index in [1.165, 1.54) is 6.08 Å². The number of aliphatic hydroxyl groups is 1. The van der Waals surface area contributed by atoms with Crippen molar-refractivity contribution in [2.45, 2.75) is 63.2 Å². The first kappa shape index (κ1) is 28.3. The van der Waals surface area contributed by atoms with Crippen molar-refractivity contribution in [3.63, 3.8) is 0 Å². The molecule has 3 heterocycles. The number of ether oxygens (including phenoxy) is 2. The first-order valence-corrected chi connectivity index (χ1v) is 13.7. The zero-order valence-corrected chi connectivity index (χ0v) is 22.7. The summed E-state index contributed by atoms with van der Waals surface area (Å²) in [6.07, 6.45) is 6.69. The number of fused-ring (bicyclic) bond motifs is 1. The van der Waals surface area contributed by atoms with Gasteiger partial charge in [-0.2, -0.15) is 0 Å². The number of carbonyl (C=O) groups is 3. The number of amides is 2. The van der Waals surface area contributed by atoms with E-state index in [9.17, 15) is 14.4 Å². The highest BCUT2D eigenvalue weighted by molar-refractivity contribution is 6.34. The number of hydrogen-bond acceptors (Lipinski definition) is 6. The number of carbonyl (C=O) groups excluding carboxylic acids is 3. The average molecular weight is 545 g/mol. The third-order valence-corrected chi connectivity index (χ3v) is 8.30. The van der Waals surface area contributed by atoms with E-state index in [4.69, 9.17) is 26.2 Å². The molecule has 0 aliphatic carbocycles. The molecule has 5 atom stereocenters. The Labute approximate surface area is 229 Å². The minimum absolute atomic E-state index is 0.0474. The Kier molecular flexibility index (Phi) is 8.96. The highest BCUT2D eigenvalue weighted by atomic mass is 35.5. The first-order chi connectivity index (χ1) is 18.3. The van der Waals surface area contributed by atoms with E-state index in [1.54, 1.807) is 21.9 Å². The number of para-hydroxylation sites is 1. The van der Waals surface area contributed by atoms with Crippen LogP contribution in [0.2, 0.25) is 5.02 Å². The quantitative estimate of drug-likeness (QED) is 0.230. The van der Waals surface area contributed by atoms with Crippen molar-refractivity contribution < 1.29 is 29.0 Å². The van der Waals surface area contributed by atoms with Gasteiger partial charge in [0.1, 0.15) is 18.2 Å². The topological polar surface area (TPSA) is 96.4 Å². The SMILES string of the molecule is C=CCOC(=O)[C@@H]1[C@H]2C(=O)N(CCCCCCO)C(C(=O)N(CC=C)c3c(C)cccc3Cl)C23CC[C@H]1O3. The molecule has 1 N–H and O–H groups in total. The van der Waals surface area contributed by atoms with Crippen molar-refractivity contribution in [3.8, 4) is 0 Å². The Morgan fingerprint density at radius 1 is 1.26 bits per heavy atom. The van der Waals surface area contributed by atoms with Gasteiger partial charge in [-0.05, 0) is 44.2 Å². The zero-order valence-electron chi connectivity index (χ0n) is 21.9. The lowest BCUT2D eigenvalue weighted by atomic mass is 9.70. The molecule has 38 heavy (non-hydrogen) atoms. The van der Waals surface area contributed by atoms with Crippen molar-refractivity contribution in [1.29, 1.82) is 0 Å². The van der Waals surface area contributed by atoms with Gasteiger partial charge in [-0.15, -0.1) is 6.58 Å². The normalized spacial score (nSPS) is 27.3. The summed E-state index contributed by atoms with van der Waals surface area (Å²) in [6, 6.07) is 4.53. The van der Waals surface area contributed by atoms with Crippen LogP contribution in [0.5, 0.6) is 0 Å². The van der Waals surface area contributed by atoms with E-state index < -0.39 is 35.6 Å². The molecule has 3 saturated heterocycles. The number of rotatable bonds is 13. The van der Waals surface area contributed by atoms with E-state index in [0.29, 0.717) is 42.9 Å². The molecule has 206 valence electrons. The number of nitrogens with zero attached hydrogens (tertiary/aromatic N) is 2. The lowest BCUT2D eigenvalue weighted by Crippen LogP contribution is -2.56. The Hall–Kier alpha value is -2.68. The molecule has 2 bridgehead atoms. The number of esters is 1. The highest BCUT2D eigenvalue weighted by Crippen LogP contribution is 2.59. The molecular weight excluding hydrogens is 508 g/mol. The summed E-state index contributed by atoms with van der Waals surface area (Å²) >= 11 is 6.58. The van der Waals surface area contributed by atoms with Crippen LogP contribution >= 0.6 is 11.6 Å². The first-order valence-electron chi connectivity index (χ1n) is 13.4. The molecule has 1 spiro atoms. The van der Waals surface area contributed by atoms with E-state index in [0.717, 1.165) is 18.4 Å². The van der Waals surface area contributed by atoms with Gasteiger partial charge in [0, 0.05) is 19.7 Å². The van der Waals surface area contributed by atoms with Crippen LogP contribution in [0.1, 0.15) is 44.1 Å². The minimum atomic E-state index is -1.11. The van der Waals surface area contributed by atoms with Crippen LogP contribution in [0.15, 0.2) is 43.5 Å². The van der Waals surface area contributed by atoms with Gasteiger partial charge in [0.25, 0.3) is 5.91 Å². The third-order valence-electron chi connectivity index (χ3n) is 7.99. The molecule has 0 radical (unpaired) electrons. The lowest BCUT2D eigenvalue weighted by molar-refractivity contribution is -0.154. The lowest BCUT2D eigenvalue weighted by Gasteiger charge is -2.37. The summed E-state index contributed by atoms with van der Waals surface area (Å²) in [4.78, 5) is 44.8. The second-order valence-electron chi connectivity index (χ2n) is 10.3. The summed E-state index contributed by atoms with van der Waals surface area (Å²) in [6.45, 7) is 10.0. The molecule has 2 amide bonds. The average Bonchev–Trinajstić information content (AvgIpc) is 3.53. The van der Waals surface area contributed by atoms with Crippen LogP contribution in [0.3, 0.4) is 0 Å². The summed E-state index contributed by atoms with van der Waals surface area (Å²) in [5, 5.41) is 9.55. The number of benzene rings is 1. The molecule has 0 saturated carbocycles. The molecule has 9 heteroatoms.